The Morgan fingerprint density at radius 1 is 0.971 bits per heavy atom. The number of benzene rings is 1. The van der Waals surface area contributed by atoms with Crippen molar-refractivity contribution < 1.29 is 64.6 Å². The van der Waals surface area contributed by atoms with Gasteiger partial charge >= 0.3 is 5.97 Å². The predicted octanol–water partition coefficient (Wildman–Crippen LogP) is -3.43. The fourth-order valence-corrected chi connectivity index (χ4v) is 3.58. The first-order valence-electron chi connectivity index (χ1n) is 10.4. The third kappa shape index (κ3) is 5.55. The Bertz CT molecular complexity index is 844. The van der Waals surface area contributed by atoms with E-state index in [0.29, 0.717) is 5.56 Å². The number of rotatable bonds is 8. The van der Waals surface area contributed by atoms with E-state index in [1.807, 2.05) is 0 Å². The molecule has 13 nitrogen and oxygen atoms in total. The van der Waals surface area contributed by atoms with Crippen molar-refractivity contribution in [2.24, 2.45) is 0 Å². The van der Waals surface area contributed by atoms with Crippen molar-refractivity contribution >= 4 is 12.0 Å². The van der Waals surface area contributed by atoms with Gasteiger partial charge in [-0.1, -0.05) is 12.1 Å². The summed E-state index contributed by atoms with van der Waals surface area (Å²) < 4.78 is 21.0. The summed E-state index contributed by atoms with van der Waals surface area (Å²) in [5.41, 5.74) is 0.606. The Hall–Kier alpha value is -2.17. The molecule has 3 rings (SSSR count). The monoisotopic (exact) mass is 488 g/mol. The predicted molar refractivity (Wildman–Crippen MR) is 110 cm³/mol. The van der Waals surface area contributed by atoms with Crippen LogP contribution in [0.15, 0.2) is 30.3 Å². The maximum absolute atomic E-state index is 12.0. The van der Waals surface area contributed by atoms with Gasteiger partial charge in [-0.15, -0.1) is 0 Å². The van der Waals surface area contributed by atoms with E-state index in [2.05, 4.69) is 0 Å². The van der Waals surface area contributed by atoms with E-state index >= 15 is 0 Å². The van der Waals surface area contributed by atoms with E-state index in [-0.39, 0.29) is 5.75 Å². The number of aliphatic hydroxyl groups excluding tert-OH is 7. The molecule has 0 saturated carbocycles. The molecule has 0 aromatic heterocycles. The Morgan fingerprint density at radius 3 is 2.26 bits per heavy atom. The van der Waals surface area contributed by atoms with Gasteiger partial charge in [-0.05, 0) is 23.8 Å². The van der Waals surface area contributed by atoms with Gasteiger partial charge in [0.15, 0.2) is 6.29 Å². The zero-order chi connectivity index (χ0) is 25.0. The lowest BCUT2D eigenvalue weighted by Crippen LogP contribution is -2.62. The van der Waals surface area contributed by atoms with Gasteiger partial charge in [-0.2, -0.15) is 0 Å². The van der Waals surface area contributed by atoms with Gasteiger partial charge in [0.1, 0.15) is 61.7 Å². The fourth-order valence-electron chi connectivity index (χ4n) is 3.58. The van der Waals surface area contributed by atoms with Gasteiger partial charge in [0.25, 0.3) is 0 Å². The van der Waals surface area contributed by atoms with Crippen molar-refractivity contribution in [2.45, 2.75) is 54.8 Å². The summed E-state index contributed by atoms with van der Waals surface area (Å²) >= 11 is 0. The summed E-state index contributed by atoms with van der Waals surface area (Å²) in [7, 11) is 0. The molecule has 0 unspecified atom stereocenters. The number of carbonyl (C=O) groups excluding carboxylic acids is 1. The second-order valence-corrected chi connectivity index (χ2v) is 7.93. The molecule has 2 fully saturated rings. The van der Waals surface area contributed by atoms with Crippen molar-refractivity contribution in [3.05, 3.63) is 35.9 Å². The molecule has 0 spiro atoms. The van der Waals surface area contributed by atoms with Crippen LogP contribution in [0.1, 0.15) is 5.56 Å². The Kier molecular flexibility index (Phi) is 8.59. The summed E-state index contributed by atoms with van der Waals surface area (Å²) in [6.07, 6.45) is -10.8. The SMILES string of the molecule is O=C(/C=C/c1ccc(O)cc1)OC[C@@H]1O[C@](CO)(O[C@H]2O[C@H](CO)[C@@H](O)[C@H](O)[C@H]2O)[C@H](O)[C@H]1O. The van der Waals surface area contributed by atoms with E-state index in [0.717, 1.165) is 6.08 Å². The number of carbonyl (C=O) groups is 1. The molecule has 34 heavy (non-hydrogen) atoms. The van der Waals surface area contributed by atoms with E-state index in [1.165, 1.54) is 18.2 Å². The van der Waals surface area contributed by atoms with Gasteiger partial charge in [0, 0.05) is 6.08 Å². The zero-order valence-corrected chi connectivity index (χ0v) is 17.8. The summed E-state index contributed by atoms with van der Waals surface area (Å²) in [5, 5.41) is 79.0. The van der Waals surface area contributed by atoms with Gasteiger partial charge in [-0.25, -0.2) is 4.79 Å². The normalized spacial score (nSPS) is 38.3. The number of phenols is 1. The van der Waals surface area contributed by atoms with Crippen LogP contribution in [0.3, 0.4) is 0 Å². The number of aromatic hydroxyl groups is 1. The molecule has 8 N–H and O–H groups in total. The van der Waals surface area contributed by atoms with E-state index in [9.17, 15) is 45.6 Å². The van der Waals surface area contributed by atoms with Gasteiger partial charge in [-0.3, -0.25) is 0 Å². The smallest absolute Gasteiger partial charge is 0.330 e. The van der Waals surface area contributed by atoms with Crippen LogP contribution in [0.5, 0.6) is 5.75 Å². The maximum Gasteiger partial charge on any atom is 0.330 e. The minimum absolute atomic E-state index is 0.0592. The van der Waals surface area contributed by atoms with Crippen LogP contribution >= 0.6 is 0 Å². The minimum atomic E-state index is -2.34. The Morgan fingerprint density at radius 2 is 1.65 bits per heavy atom. The van der Waals surface area contributed by atoms with Crippen LogP contribution in [-0.2, 0) is 23.7 Å². The van der Waals surface area contributed by atoms with Crippen molar-refractivity contribution in [3.8, 4) is 5.75 Å². The highest BCUT2D eigenvalue weighted by atomic mass is 16.8. The number of hydrogen-bond acceptors (Lipinski definition) is 13. The third-order valence-electron chi connectivity index (χ3n) is 5.59. The summed E-state index contributed by atoms with van der Waals surface area (Å²) in [4.78, 5) is 12.0. The summed E-state index contributed by atoms with van der Waals surface area (Å²) in [5.74, 6) is -3.09. The second kappa shape index (κ2) is 11.0. The van der Waals surface area contributed by atoms with Crippen molar-refractivity contribution in [2.75, 3.05) is 19.8 Å². The first kappa shape index (κ1) is 26.4. The maximum atomic E-state index is 12.0. The number of aliphatic hydroxyl groups is 7. The highest BCUT2D eigenvalue weighted by Gasteiger charge is 2.58. The molecular formula is C21H28O13. The lowest BCUT2D eigenvalue weighted by molar-refractivity contribution is -0.383. The van der Waals surface area contributed by atoms with Crippen molar-refractivity contribution in [3.63, 3.8) is 0 Å². The lowest BCUT2D eigenvalue weighted by atomic mass is 9.99. The summed E-state index contributed by atoms with van der Waals surface area (Å²) in [6.45, 7) is -2.32. The molecule has 2 aliphatic rings. The van der Waals surface area contributed by atoms with E-state index < -0.39 is 80.6 Å². The van der Waals surface area contributed by atoms with Gasteiger partial charge < -0.3 is 59.8 Å². The molecule has 2 heterocycles. The fraction of sp³-hybridized carbons (Fsp3) is 0.571. The first-order valence-corrected chi connectivity index (χ1v) is 10.4. The van der Waals surface area contributed by atoms with E-state index in [4.69, 9.17) is 18.9 Å². The van der Waals surface area contributed by atoms with Gasteiger partial charge in [0.2, 0.25) is 5.79 Å². The quantitative estimate of drug-likeness (QED) is 0.132. The largest absolute Gasteiger partial charge is 0.508 e. The zero-order valence-electron chi connectivity index (χ0n) is 17.8. The summed E-state index contributed by atoms with van der Waals surface area (Å²) in [6, 6.07) is 5.98. The molecule has 1 aromatic rings. The van der Waals surface area contributed by atoms with Crippen LogP contribution < -0.4 is 0 Å². The molecule has 0 radical (unpaired) electrons. The molecular weight excluding hydrogens is 460 g/mol. The number of hydrogen-bond donors (Lipinski definition) is 8. The molecule has 2 saturated heterocycles. The first-order chi connectivity index (χ1) is 16.1. The molecule has 0 amide bonds. The molecule has 0 bridgehead atoms. The minimum Gasteiger partial charge on any atom is -0.508 e. The molecule has 9 atom stereocenters. The lowest BCUT2D eigenvalue weighted by Gasteiger charge is -2.43. The van der Waals surface area contributed by atoms with Gasteiger partial charge in [0.05, 0.1) is 6.61 Å². The highest BCUT2D eigenvalue weighted by Crippen LogP contribution is 2.36. The molecule has 190 valence electrons. The Balaban J connectivity index is 1.62. The second-order valence-electron chi connectivity index (χ2n) is 7.93. The topological polar surface area (TPSA) is 216 Å². The number of phenolic OH excluding ortho intramolecular Hbond substituents is 1. The average molecular weight is 488 g/mol. The van der Waals surface area contributed by atoms with Crippen LogP contribution in [0.2, 0.25) is 0 Å². The van der Waals surface area contributed by atoms with Crippen molar-refractivity contribution in [1.29, 1.82) is 0 Å². The molecule has 0 aliphatic carbocycles. The highest BCUT2D eigenvalue weighted by molar-refractivity contribution is 5.87. The van der Waals surface area contributed by atoms with Crippen LogP contribution in [0.25, 0.3) is 6.08 Å². The standard InChI is InChI=1S/C21H28O13/c22-7-12-15(26)17(28)18(29)20(32-12)34-21(9-23)19(30)16(27)13(33-21)8-31-14(25)6-3-10-1-4-11(24)5-2-10/h1-6,12-13,15-20,22-24,26-30H,7-9H2/b6-3+/t12-,13+,15-,16+,17+,18-,19-,20-,21-/m1/s1. The number of ether oxygens (including phenoxy) is 4. The third-order valence-corrected chi connectivity index (χ3v) is 5.59. The average Bonchev–Trinajstić information content (AvgIpc) is 3.07. The molecule has 1 aromatic carbocycles. The molecule has 2 aliphatic heterocycles. The van der Waals surface area contributed by atoms with Crippen molar-refractivity contribution in [1.82, 2.24) is 0 Å². The van der Waals surface area contributed by atoms with Crippen LogP contribution in [-0.4, -0.2) is 121 Å². The molecule has 13 heteroatoms. The van der Waals surface area contributed by atoms with E-state index in [1.54, 1.807) is 12.1 Å². The number of esters is 1. The van der Waals surface area contributed by atoms with Crippen LogP contribution in [0.4, 0.5) is 0 Å². The Labute approximate surface area is 193 Å². The van der Waals surface area contributed by atoms with Crippen LogP contribution in [0, 0.1) is 0 Å².